The van der Waals surface area contributed by atoms with Crippen LogP contribution in [-0.4, -0.2) is 49.3 Å². The molecule has 1 amide bonds. The van der Waals surface area contributed by atoms with E-state index in [4.69, 9.17) is 9.84 Å². The number of hydrogen-bond acceptors (Lipinski definition) is 5. The van der Waals surface area contributed by atoms with Crippen molar-refractivity contribution in [2.75, 3.05) is 13.2 Å². The van der Waals surface area contributed by atoms with Crippen molar-refractivity contribution in [1.29, 1.82) is 0 Å². The topological polar surface area (TPSA) is 96.0 Å². The fourth-order valence-electron chi connectivity index (χ4n) is 4.06. The van der Waals surface area contributed by atoms with Gasteiger partial charge < -0.3 is 14.6 Å². The number of ether oxygens (including phenoxy) is 1. The van der Waals surface area contributed by atoms with E-state index in [1.54, 1.807) is 11.6 Å². The zero-order valence-corrected chi connectivity index (χ0v) is 17.8. The van der Waals surface area contributed by atoms with Gasteiger partial charge in [0.2, 0.25) is 5.91 Å². The Morgan fingerprint density at radius 3 is 2.66 bits per heavy atom. The molecule has 0 radical (unpaired) electrons. The summed E-state index contributed by atoms with van der Waals surface area (Å²) in [6.45, 7) is 2.80. The van der Waals surface area contributed by atoms with Gasteiger partial charge in [-0.25, -0.2) is 9.36 Å². The maximum absolute atomic E-state index is 13.5. The van der Waals surface area contributed by atoms with Crippen molar-refractivity contribution in [1.82, 2.24) is 29.4 Å². The number of nitrogens with one attached hydrogen (secondary N) is 1. The molecule has 32 heavy (non-hydrogen) atoms. The van der Waals surface area contributed by atoms with Gasteiger partial charge in [0, 0.05) is 25.5 Å². The molecule has 0 bridgehead atoms. The molecule has 9 nitrogen and oxygen atoms in total. The Balaban J connectivity index is 1.57. The first kappa shape index (κ1) is 20.2. The lowest BCUT2D eigenvalue weighted by Gasteiger charge is -2.12. The maximum Gasteiger partial charge on any atom is 0.280 e. The Kier molecular flexibility index (Phi) is 5.32. The number of hydrogen-bond donors (Lipinski definition) is 1. The van der Waals surface area contributed by atoms with Crippen molar-refractivity contribution >= 4 is 16.8 Å². The number of aromatic nitrogens is 5. The second kappa shape index (κ2) is 8.43. The van der Waals surface area contributed by atoms with Crippen LogP contribution in [0.15, 0.2) is 59.7 Å². The molecule has 164 valence electrons. The van der Waals surface area contributed by atoms with Crippen molar-refractivity contribution in [3.63, 3.8) is 0 Å². The van der Waals surface area contributed by atoms with Gasteiger partial charge in [0.15, 0.2) is 5.82 Å². The zero-order chi connectivity index (χ0) is 22.1. The van der Waals surface area contributed by atoms with Crippen LogP contribution in [0.25, 0.3) is 22.4 Å². The molecule has 0 saturated carbocycles. The van der Waals surface area contributed by atoms with Gasteiger partial charge in [0.25, 0.3) is 5.56 Å². The minimum Gasteiger partial charge on any atom is -0.376 e. The third-order valence-electron chi connectivity index (χ3n) is 5.62. The van der Waals surface area contributed by atoms with Crippen LogP contribution in [0.3, 0.4) is 0 Å². The number of para-hydroxylation sites is 1. The third-order valence-corrected chi connectivity index (χ3v) is 5.62. The fourth-order valence-corrected chi connectivity index (χ4v) is 4.06. The molecular weight excluding hydrogens is 408 g/mol. The molecule has 1 fully saturated rings. The molecule has 3 aromatic heterocycles. The molecule has 0 aliphatic carbocycles. The van der Waals surface area contributed by atoms with Gasteiger partial charge in [-0.1, -0.05) is 18.2 Å². The van der Waals surface area contributed by atoms with E-state index in [0.717, 1.165) is 25.1 Å². The average Bonchev–Trinajstić information content (AvgIpc) is 3.57. The first-order chi connectivity index (χ1) is 15.6. The van der Waals surface area contributed by atoms with Gasteiger partial charge in [0.1, 0.15) is 17.4 Å². The molecule has 1 aromatic carbocycles. The standard InChI is InChI=1S/C23H24N6O3/c1-16-21-20(23(31)28(25-16)15-19(30)24-14-18-10-7-13-32-18)22(27-11-5-6-12-27)29(26-21)17-8-3-2-4-9-17/h2-6,8-9,11-12,18H,7,10,13-15H2,1H3,(H,24,30). The Morgan fingerprint density at radius 2 is 1.94 bits per heavy atom. The van der Waals surface area contributed by atoms with Crippen LogP contribution in [-0.2, 0) is 16.1 Å². The normalized spacial score (nSPS) is 16.0. The van der Waals surface area contributed by atoms with Gasteiger partial charge in [-0.3, -0.25) is 9.59 Å². The second-order valence-electron chi connectivity index (χ2n) is 7.87. The first-order valence-electron chi connectivity index (χ1n) is 10.7. The molecule has 9 heteroatoms. The summed E-state index contributed by atoms with van der Waals surface area (Å²) in [5.41, 5.74) is 1.56. The lowest BCUT2D eigenvalue weighted by atomic mass is 10.2. The fraction of sp³-hybridized carbons (Fsp3) is 0.304. The molecule has 1 aliphatic heterocycles. The van der Waals surface area contributed by atoms with Crippen LogP contribution in [0.4, 0.5) is 0 Å². The molecule has 1 atom stereocenters. The summed E-state index contributed by atoms with van der Waals surface area (Å²) in [7, 11) is 0. The highest BCUT2D eigenvalue weighted by Crippen LogP contribution is 2.24. The van der Waals surface area contributed by atoms with E-state index in [0.29, 0.717) is 29.0 Å². The van der Waals surface area contributed by atoms with E-state index in [1.807, 2.05) is 59.4 Å². The van der Waals surface area contributed by atoms with Gasteiger partial charge >= 0.3 is 0 Å². The summed E-state index contributed by atoms with van der Waals surface area (Å²) in [4.78, 5) is 26.0. The van der Waals surface area contributed by atoms with Crippen molar-refractivity contribution in [3.8, 4) is 11.5 Å². The minimum absolute atomic E-state index is 0.0392. The van der Waals surface area contributed by atoms with Crippen LogP contribution in [0.5, 0.6) is 0 Å². The van der Waals surface area contributed by atoms with Crippen molar-refractivity contribution in [3.05, 3.63) is 70.9 Å². The van der Waals surface area contributed by atoms with Gasteiger partial charge in [0.05, 0.1) is 17.5 Å². The summed E-state index contributed by atoms with van der Waals surface area (Å²) in [6.07, 6.45) is 5.71. The molecule has 1 aliphatic rings. The molecule has 1 saturated heterocycles. The number of carbonyl (C=O) groups is 1. The van der Waals surface area contributed by atoms with E-state index >= 15 is 0 Å². The van der Waals surface area contributed by atoms with E-state index in [-0.39, 0.29) is 24.1 Å². The van der Waals surface area contributed by atoms with Crippen LogP contribution in [0, 0.1) is 6.92 Å². The van der Waals surface area contributed by atoms with E-state index in [1.165, 1.54) is 4.68 Å². The van der Waals surface area contributed by atoms with Gasteiger partial charge in [-0.15, -0.1) is 0 Å². The highest BCUT2D eigenvalue weighted by molar-refractivity contribution is 5.88. The third kappa shape index (κ3) is 3.71. The van der Waals surface area contributed by atoms with Crippen molar-refractivity contribution in [2.24, 2.45) is 0 Å². The predicted molar refractivity (Wildman–Crippen MR) is 119 cm³/mol. The summed E-state index contributed by atoms with van der Waals surface area (Å²) in [5.74, 6) is 0.340. The van der Waals surface area contributed by atoms with Crippen LogP contribution in [0.1, 0.15) is 18.5 Å². The second-order valence-corrected chi connectivity index (χ2v) is 7.87. The SMILES string of the molecule is Cc1nn(CC(=O)NCC2CCCO2)c(=O)c2c(-n3cccc3)n(-c3ccccc3)nc12. The van der Waals surface area contributed by atoms with E-state index in [9.17, 15) is 9.59 Å². The number of aryl methyl sites for hydroxylation is 1. The quantitative estimate of drug-likeness (QED) is 0.503. The number of carbonyl (C=O) groups excluding carboxylic acids is 1. The lowest BCUT2D eigenvalue weighted by Crippen LogP contribution is -2.37. The molecule has 1 unspecified atom stereocenters. The van der Waals surface area contributed by atoms with E-state index < -0.39 is 0 Å². The Morgan fingerprint density at radius 1 is 1.16 bits per heavy atom. The minimum atomic E-state index is -0.358. The van der Waals surface area contributed by atoms with E-state index in [2.05, 4.69) is 10.4 Å². The molecule has 5 rings (SSSR count). The van der Waals surface area contributed by atoms with Crippen molar-refractivity contribution in [2.45, 2.75) is 32.4 Å². The number of rotatable bonds is 6. The first-order valence-corrected chi connectivity index (χ1v) is 10.7. The van der Waals surface area contributed by atoms with Gasteiger partial charge in [-0.05, 0) is 44.0 Å². The molecule has 4 aromatic rings. The summed E-state index contributed by atoms with van der Waals surface area (Å²) >= 11 is 0. The highest BCUT2D eigenvalue weighted by atomic mass is 16.5. The predicted octanol–water partition coefficient (Wildman–Crippen LogP) is 1.98. The molecule has 4 heterocycles. The maximum atomic E-state index is 13.5. The number of fused-ring (bicyclic) bond motifs is 1. The number of nitrogens with zero attached hydrogens (tertiary/aromatic N) is 5. The van der Waals surface area contributed by atoms with Crippen molar-refractivity contribution < 1.29 is 9.53 Å². The lowest BCUT2D eigenvalue weighted by molar-refractivity contribution is -0.122. The van der Waals surface area contributed by atoms with Gasteiger partial charge in [-0.2, -0.15) is 10.2 Å². The molecular formula is C23H24N6O3. The Hall–Kier alpha value is -3.72. The summed E-state index contributed by atoms with van der Waals surface area (Å²) < 4.78 is 10.3. The monoisotopic (exact) mass is 432 g/mol. The zero-order valence-electron chi connectivity index (χ0n) is 17.8. The summed E-state index contributed by atoms with van der Waals surface area (Å²) in [6, 6.07) is 13.4. The summed E-state index contributed by atoms with van der Waals surface area (Å²) in [5, 5.41) is 12.4. The Labute approximate surface area is 184 Å². The highest BCUT2D eigenvalue weighted by Gasteiger charge is 2.22. The molecule has 1 N–H and O–H groups in total. The number of benzene rings is 1. The number of amides is 1. The van der Waals surface area contributed by atoms with Crippen LogP contribution >= 0.6 is 0 Å². The smallest absolute Gasteiger partial charge is 0.280 e. The Bertz CT molecular complexity index is 1300. The van der Waals surface area contributed by atoms with Crippen LogP contribution < -0.4 is 10.9 Å². The largest absolute Gasteiger partial charge is 0.376 e. The molecule has 0 spiro atoms. The van der Waals surface area contributed by atoms with Crippen LogP contribution in [0.2, 0.25) is 0 Å². The average molecular weight is 432 g/mol.